The van der Waals surface area contributed by atoms with Crippen molar-refractivity contribution in [2.24, 2.45) is 23.7 Å². The summed E-state index contributed by atoms with van der Waals surface area (Å²) in [6.07, 6.45) is 8.71. The predicted molar refractivity (Wildman–Crippen MR) is 197 cm³/mol. The van der Waals surface area contributed by atoms with Gasteiger partial charge >= 0.3 is 35.8 Å². The molecule has 1 rings (SSSR count). The Morgan fingerprint density at radius 3 is 1.74 bits per heavy atom. The van der Waals surface area contributed by atoms with E-state index in [9.17, 15) is 49.2 Å². The van der Waals surface area contributed by atoms with E-state index in [0.29, 0.717) is 19.4 Å². The van der Waals surface area contributed by atoms with Crippen LogP contribution in [0.3, 0.4) is 0 Å². The van der Waals surface area contributed by atoms with Gasteiger partial charge in [0.1, 0.15) is 18.0 Å². The molecule has 15 heteroatoms. The van der Waals surface area contributed by atoms with Crippen LogP contribution in [0.2, 0.25) is 0 Å². The smallest absolute Gasteiger partial charge is 0.307 e. The van der Waals surface area contributed by atoms with Crippen molar-refractivity contribution in [2.45, 2.75) is 155 Å². The van der Waals surface area contributed by atoms with Crippen LogP contribution >= 0.6 is 0 Å². The minimum Gasteiger partial charge on any atom is -0.506 e. The SMILES string of the molecule is CCCCC(C)C(OC(=O)CC(CC(=O)O)C(=O)O)C(CC(C)CCCCCCCCC(O)C(C)N1C=C(O)C=CC1)OC(=O)CC(CC(=O)O)C(=O)O. The summed E-state index contributed by atoms with van der Waals surface area (Å²) in [5.41, 5.74) is 0. The van der Waals surface area contributed by atoms with Crippen LogP contribution in [0.5, 0.6) is 0 Å². The summed E-state index contributed by atoms with van der Waals surface area (Å²) in [5, 5.41) is 57.6. The normalized spacial score (nSPS) is 17.2. The van der Waals surface area contributed by atoms with Gasteiger partial charge in [0.15, 0.2) is 0 Å². The molecule has 0 bridgehead atoms. The molecule has 8 unspecified atom stereocenters. The molecule has 0 saturated heterocycles. The third kappa shape index (κ3) is 19.8. The molecule has 8 atom stereocenters. The fourth-order valence-electron chi connectivity index (χ4n) is 6.61. The van der Waals surface area contributed by atoms with Gasteiger partial charge in [0, 0.05) is 12.7 Å². The standard InChI is InChI=1S/C39H63NO14/c1-5-6-15-26(3)37(54-36(48)23-29(39(51)52)21-34(45)46)32(53-35(47)22-28(38(49)50)20-33(43)44)19-25(2)14-11-9-7-8-10-12-17-31(42)27(4)40-18-13-16-30(41)24-40/h13,16,24-29,31-32,37,41-42H,5-12,14-15,17-23H2,1-4H3,(H,43,44)(H,45,46)(H,49,50)(H,51,52). The summed E-state index contributed by atoms with van der Waals surface area (Å²) in [5.74, 6) is -11.0. The maximum absolute atomic E-state index is 13.1. The average molecular weight is 770 g/mol. The Bertz CT molecular complexity index is 1270. The van der Waals surface area contributed by atoms with Crippen LogP contribution < -0.4 is 0 Å². The molecule has 0 radical (unpaired) electrons. The summed E-state index contributed by atoms with van der Waals surface area (Å²) in [4.78, 5) is 73.9. The van der Waals surface area contributed by atoms with Crippen LogP contribution in [0.1, 0.15) is 130 Å². The van der Waals surface area contributed by atoms with Crippen LogP contribution in [0.25, 0.3) is 0 Å². The molecule has 0 aliphatic carbocycles. The number of carbonyl (C=O) groups excluding carboxylic acids is 2. The highest BCUT2D eigenvalue weighted by molar-refractivity contribution is 5.83. The number of aliphatic hydroxyl groups excluding tert-OH is 2. The predicted octanol–water partition coefficient (Wildman–Crippen LogP) is 5.94. The van der Waals surface area contributed by atoms with Gasteiger partial charge in [-0.25, -0.2) is 0 Å². The van der Waals surface area contributed by atoms with Crippen molar-refractivity contribution in [3.63, 3.8) is 0 Å². The first-order chi connectivity index (χ1) is 25.4. The minimum absolute atomic E-state index is 0.0507. The van der Waals surface area contributed by atoms with Gasteiger partial charge in [-0.3, -0.25) is 28.8 Å². The minimum atomic E-state index is -1.54. The van der Waals surface area contributed by atoms with Gasteiger partial charge in [-0.1, -0.05) is 84.6 Å². The largest absolute Gasteiger partial charge is 0.506 e. The Kier molecular flexibility index (Phi) is 22.9. The number of ether oxygens (including phenoxy) is 2. The quantitative estimate of drug-likeness (QED) is 0.0366. The highest BCUT2D eigenvalue weighted by atomic mass is 16.6. The lowest BCUT2D eigenvalue weighted by Gasteiger charge is -2.33. The van der Waals surface area contributed by atoms with Crippen LogP contribution in [0, 0.1) is 23.7 Å². The zero-order valence-electron chi connectivity index (χ0n) is 32.3. The van der Waals surface area contributed by atoms with Crippen molar-refractivity contribution >= 4 is 35.8 Å². The van der Waals surface area contributed by atoms with Gasteiger partial charge < -0.3 is 45.0 Å². The highest BCUT2D eigenvalue weighted by Crippen LogP contribution is 2.29. The van der Waals surface area contributed by atoms with E-state index in [-0.39, 0.29) is 30.1 Å². The molecular formula is C39H63NO14. The molecule has 1 heterocycles. The van der Waals surface area contributed by atoms with E-state index in [2.05, 4.69) is 0 Å². The molecule has 1 aliphatic heterocycles. The number of hydrogen-bond donors (Lipinski definition) is 6. The molecule has 0 aromatic heterocycles. The zero-order valence-corrected chi connectivity index (χ0v) is 32.3. The molecule has 6 N–H and O–H groups in total. The fourth-order valence-corrected chi connectivity index (χ4v) is 6.61. The molecule has 1 aliphatic rings. The molecule has 54 heavy (non-hydrogen) atoms. The van der Waals surface area contributed by atoms with Gasteiger partial charge in [-0.2, -0.15) is 0 Å². The van der Waals surface area contributed by atoms with Crippen LogP contribution in [-0.4, -0.2) is 102 Å². The number of esters is 2. The Balaban J connectivity index is 2.92. The number of carbonyl (C=O) groups is 6. The molecule has 0 saturated carbocycles. The Labute approximate surface area is 318 Å². The molecule has 0 amide bonds. The third-order valence-corrected chi connectivity index (χ3v) is 9.92. The first-order valence-electron chi connectivity index (χ1n) is 19.2. The van der Waals surface area contributed by atoms with E-state index in [1.54, 1.807) is 19.2 Å². The second-order valence-electron chi connectivity index (χ2n) is 14.8. The summed E-state index contributed by atoms with van der Waals surface area (Å²) >= 11 is 0. The van der Waals surface area contributed by atoms with Gasteiger partial charge in [-0.05, 0) is 44.1 Å². The number of unbranched alkanes of at least 4 members (excludes halogenated alkanes) is 6. The highest BCUT2D eigenvalue weighted by Gasteiger charge is 2.37. The van der Waals surface area contributed by atoms with E-state index in [1.165, 1.54) is 0 Å². The second kappa shape index (κ2) is 25.8. The number of aliphatic hydroxyl groups is 2. The van der Waals surface area contributed by atoms with Crippen molar-refractivity contribution in [1.82, 2.24) is 4.90 Å². The number of aliphatic carboxylic acids is 4. The van der Waals surface area contributed by atoms with Gasteiger partial charge in [0.25, 0.3) is 0 Å². The number of nitrogens with zero attached hydrogens (tertiary/aromatic N) is 1. The number of carboxylic acids is 4. The zero-order chi connectivity index (χ0) is 40.8. The van der Waals surface area contributed by atoms with Crippen molar-refractivity contribution in [2.75, 3.05) is 6.54 Å². The Hall–Kier alpha value is -4.14. The molecular weight excluding hydrogens is 706 g/mol. The summed E-state index contributed by atoms with van der Waals surface area (Å²) in [6.45, 7) is 8.27. The maximum atomic E-state index is 13.1. The first-order valence-corrected chi connectivity index (χ1v) is 19.2. The van der Waals surface area contributed by atoms with E-state index < -0.39 is 91.6 Å². The third-order valence-electron chi connectivity index (χ3n) is 9.92. The van der Waals surface area contributed by atoms with Gasteiger partial charge in [-0.15, -0.1) is 0 Å². The Morgan fingerprint density at radius 1 is 0.722 bits per heavy atom. The van der Waals surface area contributed by atoms with Crippen molar-refractivity contribution < 1.29 is 68.9 Å². The molecule has 15 nitrogen and oxygen atoms in total. The van der Waals surface area contributed by atoms with Gasteiger partial charge in [0.2, 0.25) is 0 Å². The number of hydrogen-bond acceptors (Lipinski definition) is 11. The maximum Gasteiger partial charge on any atom is 0.307 e. The van der Waals surface area contributed by atoms with E-state index >= 15 is 0 Å². The summed E-state index contributed by atoms with van der Waals surface area (Å²) < 4.78 is 11.6. The van der Waals surface area contributed by atoms with Crippen molar-refractivity contribution in [3.05, 3.63) is 24.1 Å². The topological polar surface area (TPSA) is 245 Å². The number of rotatable bonds is 30. The van der Waals surface area contributed by atoms with Crippen molar-refractivity contribution in [3.8, 4) is 0 Å². The fraction of sp³-hybridized carbons (Fsp3) is 0.744. The summed E-state index contributed by atoms with van der Waals surface area (Å²) in [7, 11) is 0. The molecule has 308 valence electrons. The van der Waals surface area contributed by atoms with Crippen LogP contribution in [0.15, 0.2) is 24.1 Å². The second-order valence-corrected chi connectivity index (χ2v) is 14.8. The van der Waals surface area contributed by atoms with Gasteiger partial charge in [0.05, 0.1) is 49.7 Å². The molecule has 0 aromatic rings. The monoisotopic (exact) mass is 769 g/mol. The van der Waals surface area contributed by atoms with E-state index in [4.69, 9.17) is 19.7 Å². The lowest BCUT2D eigenvalue weighted by atomic mass is 9.87. The lowest BCUT2D eigenvalue weighted by Crippen LogP contribution is -2.42. The van der Waals surface area contributed by atoms with Crippen LogP contribution in [-0.2, 0) is 38.2 Å². The van der Waals surface area contributed by atoms with E-state index in [0.717, 1.165) is 57.8 Å². The Morgan fingerprint density at radius 2 is 1.24 bits per heavy atom. The van der Waals surface area contributed by atoms with E-state index in [1.807, 2.05) is 31.7 Å². The first kappa shape index (κ1) is 47.9. The summed E-state index contributed by atoms with van der Waals surface area (Å²) in [6, 6.07) is -0.124. The average Bonchev–Trinajstić information content (AvgIpc) is 3.08. The number of carboxylic acid groups (broad SMARTS) is 4. The van der Waals surface area contributed by atoms with Crippen LogP contribution in [0.4, 0.5) is 0 Å². The lowest BCUT2D eigenvalue weighted by molar-refractivity contribution is -0.177. The number of allylic oxidation sites excluding steroid dienone is 1. The van der Waals surface area contributed by atoms with Crippen molar-refractivity contribution in [1.29, 1.82) is 0 Å². The molecule has 0 aromatic carbocycles. The molecule has 0 spiro atoms. The molecule has 0 fully saturated rings.